The minimum absolute atomic E-state index is 0. The van der Waals surface area contributed by atoms with Gasteiger partial charge in [-0.2, -0.15) is 4.31 Å². The molecule has 0 atom stereocenters. The number of guanidine groups is 1. The molecule has 0 bridgehead atoms. The Hall–Kier alpha value is -0.920. The van der Waals surface area contributed by atoms with Gasteiger partial charge in [0.1, 0.15) is 12.0 Å². The van der Waals surface area contributed by atoms with E-state index in [1.54, 1.807) is 6.07 Å². The second kappa shape index (κ2) is 15.0. The first kappa shape index (κ1) is 28.1. The predicted octanol–water partition coefficient (Wildman–Crippen LogP) is 2.22. The van der Waals surface area contributed by atoms with E-state index in [9.17, 15) is 8.42 Å². The SMILES string of the molecule is CCNC(=NCCCCCCCN(C)C)N1CCN(S(=O)(=O)Cc2ccon2)CC1.I. The van der Waals surface area contributed by atoms with Gasteiger partial charge in [0.25, 0.3) is 0 Å². The van der Waals surface area contributed by atoms with E-state index in [1.165, 1.54) is 36.3 Å². The van der Waals surface area contributed by atoms with Crippen molar-refractivity contribution in [2.24, 2.45) is 4.99 Å². The van der Waals surface area contributed by atoms with Crippen LogP contribution >= 0.6 is 24.0 Å². The van der Waals surface area contributed by atoms with Gasteiger partial charge in [-0.3, -0.25) is 4.99 Å². The minimum Gasteiger partial charge on any atom is -0.364 e. The number of sulfonamides is 1. The van der Waals surface area contributed by atoms with Gasteiger partial charge in [-0.25, -0.2) is 8.42 Å². The van der Waals surface area contributed by atoms with E-state index in [1.807, 2.05) is 0 Å². The molecule has 9 nitrogen and oxygen atoms in total. The van der Waals surface area contributed by atoms with Crippen molar-refractivity contribution in [1.29, 1.82) is 0 Å². The van der Waals surface area contributed by atoms with Crippen LogP contribution in [-0.4, -0.2) is 93.5 Å². The number of aromatic nitrogens is 1. The molecule has 1 saturated heterocycles. The summed E-state index contributed by atoms with van der Waals surface area (Å²) in [7, 11) is 0.844. The molecule has 1 N–H and O–H groups in total. The van der Waals surface area contributed by atoms with Crippen LogP contribution in [0.3, 0.4) is 0 Å². The molecule has 0 spiro atoms. The van der Waals surface area contributed by atoms with Gasteiger partial charge in [0.2, 0.25) is 10.0 Å². The molecule has 0 unspecified atom stereocenters. The van der Waals surface area contributed by atoms with Crippen molar-refractivity contribution in [2.75, 3.05) is 59.9 Å². The van der Waals surface area contributed by atoms with Crippen molar-refractivity contribution in [2.45, 2.75) is 44.8 Å². The molecule has 1 aromatic heterocycles. The molecule has 1 aliphatic rings. The highest BCUT2D eigenvalue weighted by molar-refractivity contribution is 14.0. The maximum Gasteiger partial charge on any atom is 0.220 e. The summed E-state index contributed by atoms with van der Waals surface area (Å²) in [6.45, 7) is 6.99. The van der Waals surface area contributed by atoms with E-state index in [0.29, 0.717) is 31.9 Å². The Labute approximate surface area is 204 Å². The standard InChI is InChI=1S/C20H38N6O3S.HI/c1-4-21-20(22-11-8-6-5-7-9-12-24(2)3)25-13-15-26(16-14-25)30(27,28)18-19-10-17-29-23-19;/h10,17H,4-9,11-16,18H2,1-3H3,(H,21,22);1H. The summed E-state index contributed by atoms with van der Waals surface area (Å²) >= 11 is 0. The van der Waals surface area contributed by atoms with Crippen molar-refractivity contribution in [1.82, 2.24) is 24.6 Å². The Morgan fingerprint density at radius 3 is 2.45 bits per heavy atom. The fraction of sp³-hybridized carbons (Fsp3) is 0.800. The summed E-state index contributed by atoms with van der Waals surface area (Å²) in [6, 6.07) is 1.59. The molecule has 0 radical (unpaired) electrons. The average molecular weight is 571 g/mol. The molecule has 0 aromatic carbocycles. The van der Waals surface area contributed by atoms with Crippen molar-refractivity contribution in [3.8, 4) is 0 Å². The molecule has 31 heavy (non-hydrogen) atoms. The number of halogens is 1. The Morgan fingerprint density at radius 1 is 1.16 bits per heavy atom. The quantitative estimate of drug-likeness (QED) is 0.178. The lowest BCUT2D eigenvalue weighted by Crippen LogP contribution is -2.53. The summed E-state index contributed by atoms with van der Waals surface area (Å²) in [4.78, 5) is 9.15. The van der Waals surface area contributed by atoms with Gasteiger partial charge in [-0.15, -0.1) is 24.0 Å². The third kappa shape index (κ3) is 10.5. The fourth-order valence-electron chi connectivity index (χ4n) is 3.45. The van der Waals surface area contributed by atoms with Crippen LogP contribution in [0.25, 0.3) is 0 Å². The molecule has 180 valence electrons. The number of nitrogens with zero attached hydrogens (tertiary/aromatic N) is 5. The normalized spacial score (nSPS) is 15.9. The monoisotopic (exact) mass is 570 g/mol. The van der Waals surface area contributed by atoms with Crippen LogP contribution < -0.4 is 5.32 Å². The molecular weight excluding hydrogens is 531 g/mol. The predicted molar refractivity (Wildman–Crippen MR) is 135 cm³/mol. The molecule has 0 saturated carbocycles. The van der Waals surface area contributed by atoms with E-state index in [-0.39, 0.29) is 29.7 Å². The summed E-state index contributed by atoms with van der Waals surface area (Å²) in [5.41, 5.74) is 0.439. The van der Waals surface area contributed by atoms with E-state index in [0.717, 1.165) is 32.0 Å². The molecule has 0 aliphatic carbocycles. The Balaban J connectivity index is 0.00000480. The van der Waals surface area contributed by atoms with Gasteiger partial charge in [0.05, 0.1) is 5.69 Å². The highest BCUT2D eigenvalue weighted by atomic mass is 127. The number of rotatable bonds is 12. The molecule has 1 aromatic rings. The third-order valence-electron chi connectivity index (χ3n) is 5.11. The average Bonchev–Trinajstić information content (AvgIpc) is 3.21. The summed E-state index contributed by atoms with van der Waals surface area (Å²) < 4.78 is 31.5. The first-order chi connectivity index (χ1) is 14.4. The van der Waals surface area contributed by atoms with Crippen molar-refractivity contribution in [3.63, 3.8) is 0 Å². The maximum absolute atomic E-state index is 12.6. The highest BCUT2D eigenvalue weighted by Crippen LogP contribution is 2.13. The first-order valence-corrected chi connectivity index (χ1v) is 12.6. The minimum atomic E-state index is -3.38. The largest absolute Gasteiger partial charge is 0.364 e. The van der Waals surface area contributed by atoms with Gasteiger partial charge in [-0.05, 0) is 40.4 Å². The third-order valence-corrected chi connectivity index (χ3v) is 6.93. The fourth-order valence-corrected chi connectivity index (χ4v) is 4.87. The molecular formula is C20H39IN6O3S. The van der Waals surface area contributed by atoms with Crippen molar-refractivity contribution in [3.05, 3.63) is 18.0 Å². The number of hydrogen-bond donors (Lipinski definition) is 1. The number of piperazine rings is 1. The smallest absolute Gasteiger partial charge is 0.220 e. The second-order valence-electron chi connectivity index (χ2n) is 7.94. The van der Waals surface area contributed by atoms with E-state index in [4.69, 9.17) is 9.52 Å². The zero-order valence-electron chi connectivity index (χ0n) is 19.1. The highest BCUT2D eigenvalue weighted by Gasteiger charge is 2.28. The van der Waals surface area contributed by atoms with Gasteiger partial charge in [0.15, 0.2) is 5.96 Å². The molecule has 11 heteroatoms. The van der Waals surface area contributed by atoms with Crippen LogP contribution in [0.2, 0.25) is 0 Å². The van der Waals surface area contributed by atoms with Crippen LogP contribution in [0.4, 0.5) is 0 Å². The molecule has 1 aliphatic heterocycles. The Morgan fingerprint density at radius 2 is 1.84 bits per heavy atom. The van der Waals surface area contributed by atoms with E-state index >= 15 is 0 Å². The van der Waals surface area contributed by atoms with Crippen molar-refractivity contribution >= 4 is 40.0 Å². The van der Waals surface area contributed by atoms with Crippen LogP contribution in [-0.2, 0) is 15.8 Å². The zero-order chi connectivity index (χ0) is 21.8. The topological polar surface area (TPSA) is 94.3 Å². The molecule has 2 heterocycles. The van der Waals surface area contributed by atoms with E-state index < -0.39 is 10.0 Å². The summed E-state index contributed by atoms with van der Waals surface area (Å²) in [5, 5.41) is 7.06. The number of unbranched alkanes of at least 4 members (excludes halogenated alkanes) is 4. The molecule has 2 rings (SSSR count). The number of nitrogens with one attached hydrogen (secondary N) is 1. The van der Waals surface area contributed by atoms with Crippen LogP contribution in [0.1, 0.15) is 44.7 Å². The lowest BCUT2D eigenvalue weighted by atomic mass is 10.1. The van der Waals surface area contributed by atoms with E-state index in [2.05, 4.69) is 41.3 Å². The van der Waals surface area contributed by atoms with Gasteiger partial charge in [-0.1, -0.05) is 24.4 Å². The lowest BCUT2D eigenvalue weighted by molar-refractivity contribution is 0.259. The summed E-state index contributed by atoms with van der Waals surface area (Å²) in [6.07, 6.45) is 7.45. The number of aliphatic imine (C=N–C) groups is 1. The second-order valence-corrected chi connectivity index (χ2v) is 9.91. The number of hydrogen-bond acceptors (Lipinski definition) is 6. The molecule has 0 amide bonds. The van der Waals surface area contributed by atoms with Crippen LogP contribution in [0.15, 0.2) is 21.8 Å². The van der Waals surface area contributed by atoms with Crippen LogP contribution in [0.5, 0.6) is 0 Å². The first-order valence-electron chi connectivity index (χ1n) is 11.0. The zero-order valence-corrected chi connectivity index (χ0v) is 22.3. The Kier molecular flexibility index (Phi) is 13.6. The maximum atomic E-state index is 12.6. The molecule has 1 fully saturated rings. The van der Waals surface area contributed by atoms with Gasteiger partial charge in [0, 0.05) is 45.3 Å². The van der Waals surface area contributed by atoms with Gasteiger partial charge < -0.3 is 19.6 Å². The summed E-state index contributed by atoms with van der Waals surface area (Å²) in [5.74, 6) is 0.769. The Bertz CT molecular complexity index is 719. The van der Waals surface area contributed by atoms with Gasteiger partial charge >= 0.3 is 0 Å². The lowest BCUT2D eigenvalue weighted by Gasteiger charge is -2.35. The van der Waals surface area contributed by atoms with Crippen LogP contribution in [0, 0.1) is 0 Å². The van der Waals surface area contributed by atoms with Crippen molar-refractivity contribution < 1.29 is 12.9 Å².